The SMILES string of the molecule is Cc1cccc(C(=O)O[C@H](C)C(=O)Nc2ccccc2)c1O. The fourth-order valence-corrected chi connectivity index (χ4v) is 1.87. The molecule has 0 aliphatic heterocycles. The molecule has 1 amide bonds. The van der Waals surface area contributed by atoms with Crippen molar-refractivity contribution in [3.05, 3.63) is 59.7 Å². The minimum absolute atomic E-state index is 0.0411. The summed E-state index contributed by atoms with van der Waals surface area (Å²) >= 11 is 0. The molecule has 2 aromatic carbocycles. The van der Waals surface area contributed by atoms with E-state index in [1.165, 1.54) is 13.0 Å². The summed E-state index contributed by atoms with van der Waals surface area (Å²) < 4.78 is 5.10. The smallest absolute Gasteiger partial charge is 0.342 e. The lowest BCUT2D eigenvalue weighted by Crippen LogP contribution is -2.30. The highest BCUT2D eigenvalue weighted by Crippen LogP contribution is 2.22. The number of amides is 1. The molecule has 5 nitrogen and oxygen atoms in total. The van der Waals surface area contributed by atoms with Crippen molar-refractivity contribution in [1.82, 2.24) is 0 Å². The summed E-state index contributed by atoms with van der Waals surface area (Å²) in [5, 5.41) is 12.5. The van der Waals surface area contributed by atoms with Crippen molar-refractivity contribution in [2.24, 2.45) is 0 Å². The van der Waals surface area contributed by atoms with E-state index < -0.39 is 18.0 Å². The molecule has 5 heteroatoms. The number of nitrogens with one attached hydrogen (secondary N) is 1. The van der Waals surface area contributed by atoms with Crippen molar-refractivity contribution in [3.8, 4) is 5.75 Å². The lowest BCUT2D eigenvalue weighted by atomic mass is 10.1. The van der Waals surface area contributed by atoms with Gasteiger partial charge in [0.25, 0.3) is 5.91 Å². The molecule has 2 N–H and O–H groups in total. The average Bonchev–Trinajstić information content (AvgIpc) is 2.50. The van der Waals surface area contributed by atoms with Crippen molar-refractivity contribution in [1.29, 1.82) is 0 Å². The van der Waals surface area contributed by atoms with Gasteiger partial charge in [0.05, 0.1) is 0 Å². The molecular formula is C17H17NO4. The summed E-state index contributed by atoms with van der Waals surface area (Å²) in [6, 6.07) is 13.6. The zero-order chi connectivity index (χ0) is 16.1. The fourth-order valence-electron chi connectivity index (χ4n) is 1.87. The predicted molar refractivity (Wildman–Crippen MR) is 82.8 cm³/mol. The highest BCUT2D eigenvalue weighted by atomic mass is 16.5. The Hall–Kier alpha value is -2.82. The van der Waals surface area contributed by atoms with E-state index in [2.05, 4.69) is 5.32 Å². The first kappa shape index (κ1) is 15.6. The Kier molecular flexibility index (Phi) is 4.78. The molecular weight excluding hydrogens is 282 g/mol. The Morgan fingerprint density at radius 3 is 2.45 bits per heavy atom. The summed E-state index contributed by atoms with van der Waals surface area (Å²) in [6.07, 6.45) is -0.979. The molecule has 22 heavy (non-hydrogen) atoms. The normalized spacial score (nSPS) is 11.5. The third kappa shape index (κ3) is 3.63. The number of hydrogen-bond acceptors (Lipinski definition) is 4. The average molecular weight is 299 g/mol. The second kappa shape index (κ2) is 6.76. The maximum absolute atomic E-state index is 12.0. The quantitative estimate of drug-likeness (QED) is 0.851. The van der Waals surface area contributed by atoms with Crippen molar-refractivity contribution in [3.63, 3.8) is 0 Å². The van der Waals surface area contributed by atoms with Gasteiger partial charge in [-0.05, 0) is 37.6 Å². The molecule has 0 spiro atoms. The van der Waals surface area contributed by atoms with Crippen LogP contribution in [0.3, 0.4) is 0 Å². The topological polar surface area (TPSA) is 75.6 Å². The standard InChI is InChI=1S/C17H17NO4/c1-11-7-6-10-14(15(11)19)17(21)22-12(2)16(20)18-13-8-4-3-5-9-13/h3-10,12,19H,1-2H3,(H,18,20)/t12-/m1/s1. The molecule has 114 valence electrons. The first-order valence-electron chi connectivity index (χ1n) is 6.84. The summed E-state index contributed by atoms with van der Waals surface area (Å²) in [7, 11) is 0. The molecule has 0 saturated heterocycles. The number of benzene rings is 2. The number of anilines is 1. The van der Waals surface area contributed by atoms with Crippen LogP contribution in [0.4, 0.5) is 5.69 Å². The number of para-hydroxylation sites is 2. The maximum Gasteiger partial charge on any atom is 0.342 e. The lowest BCUT2D eigenvalue weighted by Gasteiger charge is -2.14. The monoisotopic (exact) mass is 299 g/mol. The zero-order valence-electron chi connectivity index (χ0n) is 12.4. The van der Waals surface area contributed by atoms with Gasteiger partial charge in [-0.25, -0.2) is 4.79 Å². The molecule has 1 atom stereocenters. The predicted octanol–water partition coefficient (Wildman–Crippen LogP) is 2.88. The second-order valence-electron chi connectivity index (χ2n) is 4.87. The number of phenolic OH excluding ortho intramolecular Hbond substituents is 1. The summed E-state index contributed by atoms with van der Waals surface area (Å²) in [4.78, 5) is 24.0. The molecule has 0 aliphatic rings. The number of ether oxygens (including phenoxy) is 1. The molecule has 0 aliphatic carbocycles. The van der Waals surface area contributed by atoms with Crippen molar-refractivity contribution in [2.45, 2.75) is 20.0 Å². The van der Waals surface area contributed by atoms with Gasteiger partial charge in [0.15, 0.2) is 6.10 Å². The third-order valence-electron chi connectivity index (χ3n) is 3.15. The number of hydrogen-bond donors (Lipinski definition) is 2. The van der Waals surface area contributed by atoms with Gasteiger partial charge in [-0.1, -0.05) is 30.3 Å². The Morgan fingerprint density at radius 1 is 1.09 bits per heavy atom. The Bertz CT molecular complexity index is 682. The molecule has 2 rings (SSSR count). The number of carbonyl (C=O) groups excluding carboxylic acids is 2. The molecule has 0 bridgehead atoms. The Labute approximate surface area is 128 Å². The first-order chi connectivity index (χ1) is 10.5. The minimum Gasteiger partial charge on any atom is -0.507 e. The van der Waals surface area contributed by atoms with Crippen LogP contribution in [-0.2, 0) is 9.53 Å². The Balaban J connectivity index is 2.02. The van der Waals surface area contributed by atoms with Crippen molar-refractivity contribution >= 4 is 17.6 Å². The van der Waals surface area contributed by atoms with Crippen LogP contribution >= 0.6 is 0 Å². The molecule has 0 heterocycles. The van der Waals surface area contributed by atoms with Gasteiger partial charge < -0.3 is 15.2 Å². The lowest BCUT2D eigenvalue weighted by molar-refractivity contribution is -0.123. The van der Waals surface area contributed by atoms with Crippen LogP contribution in [0.2, 0.25) is 0 Å². The van der Waals surface area contributed by atoms with E-state index in [0.29, 0.717) is 11.3 Å². The van der Waals surface area contributed by atoms with Crippen LogP contribution in [-0.4, -0.2) is 23.1 Å². The minimum atomic E-state index is -0.979. The van der Waals surface area contributed by atoms with Crippen molar-refractivity contribution in [2.75, 3.05) is 5.32 Å². The second-order valence-corrected chi connectivity index (χ2v) is 4.87. The van der Waals surface area contributed by atoms with E-state index >= 15 is 0 Å². The van der Waals surface area contributed by atoms with E-state index in [0.717, 1.165) is 0 Å². The zero-order valence-corrected chi connectivity index (χ0v) is 12.4. The molecule has 0 saturated carbocycles. The number of carbonyl (C=O) groups is 2. The van der Waals surface area contributed by atoms with Crippen LogP contribution in [0.1, 0.15) is 22.8 Å². The maximum atomic E-state index is 12.0. The molecule has 0 radical (unpaired) electrons. The van der Waals surface area contributed by atoms with E-state index in [9.17, 15) is 14.7 Å². The number of rotatable bonds is 4. The number of aromatic hydroxyl groups is 1. The van der Waals surface area contributed by atoms with Gasteiger partial charge in [-0.2, -0.15) is 0 Å². The molecule has 0 aromatic heterocycles. The highest BCUT2D eigenvalue weighted by molar-refractivity contribution is 5.98. The van der Waals surface area contributed by atoms with Crippen LogP contribution in [0, 0.1) is 6.92 Å². The van der Waals surface area contributed by atoms with Crippen LogP contribution in [0.5, 0.6) is 5.75 Å². The Morgan fingerprint density at radius 2 is 1.77 bits per heavy atom. The van der Waals surface area contributed by atoms with Gasteiger partial charge in [0.1, 0.15) is 11.3 Å². The molecule has 2 aromatic rings. The van der Waals surface area contributed by atoms with Gasteiger partial charge in [0.2, 0.25) is 0 Å². The number of aryl methyl sites for hydroxylation is 1. The number of esters is 1. The van der Waals surface area contributed by atoms with Crippen LogP contribution in [0.15, 0.2) is 48.5 Å². The van der Waals surface area contributed by atoms with Crippen molar-refractivity contribution < 1.29 is 19.4 Å². The van der Waals surface area contributed by atoms with Gasteiger partial charge >= 0.3 is 5.97 Å². The van der Waals surface area contributed by atoms with Crippen LogP contribution in [0.25, 0.3) is 0 Å². The largest absolute Gasteiger partial charge is 0.507 e. The van der Waals surface area contributed by atoms with E-state index in [1.54, 1.807) is 43.3 Å². The molecule has 0 fully saturated rings. The summed E-state index contributed by atoms with van der Waals surface area (Å²) in [5.41, 5.74) is 1.23. The summed E-state index contributed by atoms with van der Waals surface area (Å²) in [5.74, 6) is -1.31. The molecule has 0 unspecified atom stereocenters. The van der Waals surface area contributed by atoms with E-state index in [-0.39, 0.29) is 11.3 Å². The third-order valence-corrected chi connectivity index (χ3v) is 3.15. The van der Waals surface area contributed by atoms with Gasteiger partial charge in [-0.3, -0.25) is 4.79 Å². The number of phenols is 1. The van der Waals surface area contributed by atoms with Gasteiger partial charge in [-0.15, -0.1) is 0 Å². The van der Waals surface area contributed by atoms with E-state index in [4.69, 9.17) is 4.74 Å². The first-order valence-corrected chi connectivity index (χ1v) is 6.84. The fraction of sp³-hybridized carbons (Fsp3) is 0.176. The highest BCUT2D eigenvalue weighted by Gasteiger charge is 2.21. The van der Waals surface area contributed by atoms with Gasteiger partial charge in [0, 0.05) is 5.69 Å². The van der Waals surface area contributed by atoms with E-state index in [1.807, 2.05) is 6.07 Å². The summed E-state index contributed by atoms with van der Waals surface area (Å²) in [6.45, 7) is 3.15. The van der Waals surface area contributed by atoms with Crippen LogP contribution < -0.4 is 5.32 Å².